The largest absolute Gasteiger partial charge is 0.497 e. The first-order valence-corrected chi connectivity index (χ1v) is 7.58. The van der Waals surface area contributed by atoms with E-state index in [1.807, 2.05) is 38.1 Å². The molecule has 0 heterocycles. The molecule has 1 atom stereocenters. The highest BCUT2D eigenvalue weighted by Gasteiger charge is 2.33. The maximum Gasteiger partial charge on any atom is 0.324 e. The van der Waals surface area contributed by atoms with Crippen molar-refractivity contribution < 1.29 is 14.3 Å². The zero-order chi connectivity index (χ0) is 15.2. The smallest absolute Gasteiger partial charge is 0.324 e. The summed E-state index contributed by atoms with van der Waals surface area (Å²) in [4.78, 5) is 11.7. The second-order valence-corrected chi connectivity index (χ2v) is 6.60. The van der Waals surface area contributed by atoms with Crippen LogP contribution in [0.25, 0.3) is 0 Å². The van der Waals surface area contributed by atoms with E-state index in [0.29, 0.717) is 6.61 Å². The Morgan fingerprint density at radius 1 is 1.35 bits per heavy atom. The third-order valence-corrected chi connectivity index (χ3v) is 4.54. The molecule has 0 bridgehead atoms. The van der Waals surface area contributed by atoms with Crippen LogP contribution in [0.2, 0.25) is 0 Å². The summed E-state index contributed by atoms with van der Waals surface area (Å²) in [6.07, 6.45) is 0. The number of benzene rings is 1. The Balaban J connectivity index is 2.59. The zero-order valence-electron chi connectivity index (χ0n) is 12.5. The van der Waals surface area contributed by atoms with Crippen LogP contribution >= 0.6 is 11.8 Å². The Morgan fingerprint density at radius 3 is 2.45 bits per heavy atom. The second-order valence-electron chi connectivity index (χ2n) is 4.97. The lowest BCUT2D eigenvalue weighted by Gasteiger charge is -2.29. The quantitative estimate of drug-likeness (QED) is 0.784. The van der Waals surface area contributed by atoms with Crippen molar-refractivity contribution in [1.82, 2.24) is 0 Å². The van der Waals surface area contributed by atoms with Crippen LogP contribution in [-0.4, -0.2) is 30.5 Å². The SMILES string of the molecule is CCOC(=O)[C@H](N)C(C)(C)SCc1ccc(OC)cc1. The van der Waals surface area contributed by atoms with Crippen molar-refractivity contribution in [3.05, 3.63) is 29.8 Å². The van der Waals surface area contributed by atoms with Gasteiger partial charge in [-0.25, -0.2) is 0 Å². The molecule has 0 unspecified atom stereocenters. The number of rotatable bonds is 7. The monoisotopic (exact) mass is 297 g/mol. The first kappa shape index (κ1) is 16.9. The van der Waals surface area contributed by atoms with Crippen LogP contribution < -0.4 is 10.5 Å². The molecule has 0 aliphatic carbocycles. The van der Waals surface area contributed by atoms with Crippen molar-refractivity contribution in [1.29, 1.82) is 0 Å². The van der Waals surface area contributed by atoms with Crippen molar-refractivity contribution in [2.75, 3.05) is 13.7 Å². The van der Waals surface area contributed by atoms with Crippen molar-refractivity contribution >= 4 is 17.7 Å². The van der Waals surface area contributed by atoms with Gasteiger partial charge in [0, 0.05) is 10.5 Å². The summed E-state index contributed by atoms with van der Waals surface area (Å²) in [6.45, 7) is 6.05. The van der Waals surface area contributed by atoms with E-state index in [-0.39, 0.29) is 10.7 Å². The molecule has 0 amide bonds. The molecule has 0 spiro atoms. The van der Waals surface area contributed by atoms with Crippen molar-refractivity contribution in [2.24, 2.45) is 5.73 Å². The maximum atomic E-state index is 11.7. The minimum absolute atomic E-state index is 0.347. The van der Waals surface area contributed by atoms with E-state index in [2.05, 4.69) is 0 Å². The van der Waals surface area contributed by atoms with Gasteiger partial charge < -0.3 is 15.2 Å². The highest BCUT2D eigenvalue weighted by molar-refractivity contribution is 7.99. The van der Waals surface area contributed by atoms with Crippen LogP contribution in [0.1, 0.15) is 26.3 Å². The van der Waals surface area contributed by atoms with Crippen LogP contribution in [-0.2, 0) is 15.3 Å². The summed E-state index contributed by atoms with van der Waals surface area (Å²) in [7, 11) is 1.64. The molecular weight excluding hydrogens is 274 g/mol. The lowest BCUT2D eigenvalue weighted by atomic mass is 10.0. The molecule has 20 heavy (non-hydrogen) atoms. The Bertz CT molecular complexity index is 431. The number of nitrogens with two attached hydrogens (primary N) is 1. The summed E-state index contributed by atoms with van der Waals surface area (Å²) in [6, 6.07) is 7.24. The maximum absolute atomic E-state index is 11.7. The van der Waals surface area contributed by atoms with Gasteiger partial charge in [0.25, 0.3) is 0 Å². The minimum Gasteiger partial charge on any atom is -0.497 e. The first-order valence-electron chi connectivity index (χ1n) is 6.59. The molecule has 2 N–H and O–H groups in total. The van der Waals surface area contributed by atoms with Crippen LogP contribution in [0.3, 0.4) is 0 Å². The fourth-order valence-corrected chi connectivity index (χ4v) is 2.60. The molecule has 0 saturated carbocycles. The van der Waals surface area contributed by atoms with Crippen molar-refractivity contribution in [2.45, 2.75) is 37.3 Å². The van der Waals surface area contributed by atoms with Gasteiger partial charge >= 0.3 is 5.97 Å². The van der Waals surface area contributed by atoms with Gasteiger partial charge in [-0.3, -0.25) is 4.79 Å². The average molecular weight is 297 g/mol. The number of carbonyl (C=O) groups excluding carboxylic acids is 1. The fourth-order valence-electron chi connectivity index (χ4n) is 1.60. The molecule has 1 aromatic rings. The molecule has 0 aliphatic heterocycles. The molecule has 4 nitrogen and oxygen atoms in total. The van der Waals surface area contributed by atoms with Crippen molar-refractivity contribution in [3.63, 3.8) is 0 Å². The van der Waals surface area contributed by atoms with Gasteiger partial charge in [0.1, 0.15) is 11.8 Å². The Labute approximate surface area is 125 Å². The topological polar surface area (TPSA) is 61.5 Å². The van der Waals surface area contributed by atoms with Gasteiger partial charge in [-0.05, 0) is 38.5 Å². The third-order valence-electron chi connectivity index (χ3n) is 3.06. The molecule has 0 radical (unpaired) electrons. The molecule has 0 aromatic heterocycles. The minimum atomic E-state index is -0.634. The van der Waals surface area contributed by atoms with Crippen LogP contribution in [0.15, 0.2) is 24.3 Å². The third kappa shape index (κ3) is 4.72. The summed E-state index contributed by atoms with van der Waals surface area (Å²) < 4.78 is 9.72. The number of methoxy groups -OCH3 is 1. The van der Waals surface area contributed by atoms with Crippen molar-refractivity contribution in [3.8, 4) is 5.75 Å². The predicted octanol–water partition coefficient (Wildman–Crippen LogP) is 2.60. The average Bonchev–Trinajstić information content (AvgIpc) is 2.45. The lowest BCUT2D eigenvalue weighted by Crippen LogP contribution is -2.47. The van der Waals surface area contributed by atoms with E-state index < -0.39 is 6.04 Å². The van der Waals surface area contributed by atoms with Gasteiger partial charge in [0.05, 0.1) is 13.7 Å². The van der Waals surface area contributed by atoms with E-state index in [9.17, 15) is 4.79 Å². The van der Waals surface area contributed by atoms with E-state index in [1.165, 1.54) is 5.56 Å². The van der Waals surface area contributed by atoms with E-state index in [0.717, 1.165) is 11.5 Å². The van der Waals surface area contributed by atoms with Gasteiger partial charge in [0.15, 0.2) is 0 Å². The molecule has 112 valence electrons. The number of carbonyl (C=O) groups is 1. The van der Waals surface area contributed by atoms with Gasteiger partial charge in [-0.2, -0.15) is 0 Å². The summed E-state index contributed by atoms with van der Waals surface area (Å²) >= 11 is 1.64. The van der Waals surface area contributed by atoms with Crippen LogP contribution in [0.5, 0.6) is 5.75 Å². The first-order chi connectivity index (χ1) is 9.40. The number of hydrogen-bond donors (Lipinski definition) is 1. The van der Waals surface area contributed by atoms with E-state index in [1.54, 1.807) is 25.8 Å². The zero-order valence-corrected chi connectivity index (χ0v) is 13.3. The van der Waals surface area contributed by atoms with Gasteiger partial charge in [-0.15, -0.1) is 11.8 Å². The summed E-state index contributed by atoms with van der Waals surface area (Å²) in [5.74, 6) is 1.27. The fraction of sp³-hybridized carbons (Fsp3) is 0.533. The highest BCUT2D eigenvalue weighted by atomic mass is 32.2. The molecule has 1 aromatic carbocycles. The molecule has 5 heteroatoms. The number of ether oxygens (including phenoxy) is 2. The molecule has 1 rings (SSSR count). The Kier molecular flexibility index (Phi) is 6.36. The molecular formula is C15H23NO3S. The molecule has 0 saturated heterocycles. The van der Waals surface area contributed by atoms with Gasteiger partial charge in [0.2, 0.25) is 0 Å². The summed E-state index contributed by atoms with van der Waals surface area (Å²) in [5, 5.41) is 0. The Hall–Kier alpha value is -1.20. The number of thioether (sulfide) groups is 1. The number of hydrogen-bond acceptors (Lipinski definition) is 5. The van der Waals surface area contributed by atoms with E-state index in [4.69, 9.17) is 15.2 Å². The highest BCUT2D eigenvalue weighted by Crippen LogP contribution is 2.31. The predicted molar refractivity (Wildman–Crippen MR) is 83.0 cm³/mol. The normalized spacial score (nSPS) is 12.8. The second kappa shape index (κ2) is 7.55. The summed E-state index contributed by atoms with van der Waals surface area (Å²) in [5.41, 5.74) is 7.14. The van der Waals surface area contributed by atoms with Gasteiger partial charge in [-0.1, -0.05) is 12.1 Å². The molecule has 0 fully saturated rings. The van der Waals surface area contributed by atoms with E-state index >= 15 is 0 Å². The van der Waals surface area contributed by atoms with Crippen LogP contribution in [0, 0.1) is 0 Å². The number of esters is 1. The molecule has 0 aliphatic rings. The standard InChI is InChI=1S/C15H23NO3S/c1-5-19-14(17)13(16)15(2,3)20-10-11-6-8-12(18-4)9-7-11/h6-9,13H,5,10,16H2,1-4H3/t13-/m0/s1. The van der Waals surface area contributed by atoms with Crippen LogP contribution in [0.4, 0.5) is 0 Å². The Morgan fingerprint density at radius 2 is 1.95 bits per heavy atom. The lowest BCUT2D eigenvalue weighted by molar-refractivity contribution is -0.145.